The van der Waals surface area contributed by atoms with E-state index < -0.39 is 38.6 Å². The van der Waals surface area contributed by atoms with Crippen molar-refractivity contribution < 1.29 is 43.0 Å². The average molecular weight is 753 g/mol. The van der Waals surface area contributed by atoms with Crippen LogP contribution in [0, 0.1) is 0 Å². The maximum absolute atomic E-state index is 12.4. The van der Waals surface area contributed by atoms with Gasteiger partial charge in [-0.2, -0.15) is 0 Å². The molecular weight excluding hydrogens is 679 g/mol. The van der Waals surface area contributed by atoms with Gasteiger partial charge in [0, 0.05) is 12.8 Å². The van der Waals surface area contributed by atoms with Crippen molar-refractivity contribution in [3.05, 3.63) is 60.8 Å². The number of ether oxygens (including phenoxy) is 2. The van der Waals surface area contributed by atoms with Gasteiger partial charge in [-0.25, -0.2) is 4.57 Å². The van der Waals surface area contributed by atoms with Crippen LogP contribution in [0.15, 0.2) is 60.8 Å². The lowest BCUT2D eigenvalue weighted by Gasteiger charge is -2.18. The minimum absolute atomic E-state index is 0.115. The predicted molar refractivity (Wildman–Crippen MR) is 213 cm³/mol. The zero-order valence-electron chi connectivity index (χ0n) is 32.6. The highest BCUT2D eigenvalue weighted by atomic mass is 31.2. The third-order valence-electron chi connectivity index (χ3n) is 8.38. The molecule has 9 nitrogen and oxygen atoms in total. The monoisotopic (exact) mass is 752 g/mol. The van der Waals surface area contributed by atoms with Crippen LogP contribution in [0.1, 0.15) is 168 Å². The number of phosphoric acid groups is 1. The van der Waals surface area contributed by atoms with Crippen LogP contribution in [0.25, 0.3) is 0 Å². The van der Waals surface area contributed by atoms with Gasteiger partial charge in [0.25, 0.3) is 0 Å². The topological polar surface area (TPSA) is 140 Å². The summed E-state index contributed by atoms with van der Waals surface area (Å²) >= 11 is 0. The Morgan fingerprint density at radius 1 is 0.615 bits per heavy atom. The first-order chi connectivity index (χ1) is 25.2. The molecule has 0 radical (unpaired) electrons. The van der Waals surface area contributed by atoms with Crippen molar-refractivity contribution in [3.63, 3.8) is 0 Å². The highest BCUT2D eigenvalue weighted by Gasteiger charge is 2.22. The maximum atomic E-state index is 12.4. The number of aliphatic hydroxyl groups is 1. The SMILES string of the molecule is CC/C=C\C(O)C/C=C/C=C\C/C=C\C/C=C\CCCC(=O)O[C@H](COC(=O)CCCCCCCCCCCCCCCCCC)COP(=O)(O)O. The van der Waals surface area contributed by atoms with Gasteiger partial charge < -0.3 is 24.4 Å². The molecule has 0 aliphatic carbocycles. The fraction of sp³-hybridized carbons (Fsp3) is 0.714. The van der Waals surface area contributed by atoms with Gasteiger partial charge in [-0.15, -0.1) is 0 Å². The van der Waals surface area contributed by atoms with E-state index in [4.69, 9.17) is 19.3 Å². The van der Waals surface area contributed by atoms with Gasteiger partial charge >= 0.3 is 19.8 Å². The molecule has 0 aromatic carbocycles. The molecule has 2 atom stereocenters. The van der Waals surface area contributed by atoms with Crippen molar-refractivity contribution in [1.82, 2.24) is 0 Å². The second-order valence-electron chi connectivity index (χ2n) is 13.4. The summed E-state index contributed by atoms with van der Waals surface area (Å²) in [5, 5.41) is 9.73. The molecule has 1 unspecified atom stereocenters. The number of allylic oxidation sites excluding steroid dienone is 8. The fourth-order valence-electron chi connectivity index (χ4n) is 5.37. The van der Waals surface area contributed by atoms with Gasteiger partial charge in [-0.1, -0.05) is 171 Å². The summed E-state index contributed by atoms with van der Waals surface area (Å²) in [6, 6.07) is 0. The van der Waals surface area contributed by atoms with Crippen LogP contribution in [0.5, 0.6) is 0 Å². The summed E-state index contributed by atoms with van der Waals surface area (Å²) in [6.07, 6.45) is 42.9. The molecule has 0 aromatic heterocycles. The van der Waals surface area contributed by atoms with E-state index in [-0.39, 0.29) is 19.4 Å². The van der Waals surface area contributed by atoms with Gasteiger partial charge in [0.05, 0.1) is 12.7 Å². The fourth-order valence-corrected chi connectivity index (χ4v) is 5.73. The molecule has 0 fully saturated rings. The molecule has 0 aliphatic heterocycles. The number of hydrogen-bond acceptors (Lipinski definition) is 7. The Hall–Kier alpha value is -2.29. The van der Waals surface area contributed by atoms with E-state index in [1.807, 2.05) is 55.5 Å². The number of esters is 2. The molecule has 0 aliphatic rings. The van der Waals surface area contributed by atoms with Crippen molar-refractivity contribution >= 4 is 19.8 Å². The molecule has 0 bridgehead atoms. The molecule has 0 aromatic rings. The smallest absolute Gasteiger partial charge is 0.462 e. The van der Waals surface area contributed by atoms with Gasteiger partial charge in [0.15, 0.2) is 6.10 Å². The third-order valence-corrected chi connectivity index (χ3v) is 8.86. The molecule has 0 rings (SSSR count). The number of phosphoric ester groups is 1. The van der Waals surface area contributed by atoms with E-state index in [1.54, 1.807) is 0 Å². The number of unbranched alkanes of at least 4 members (excludes halogenated alkanes) is 16. The molecular formula is C42H73O9P. The summed E-state index contributed by atoms with van der Waals surface area (Å²) in [7, 11) is -4.78. The second-order valence-corrected chi connectivity index (χ2v) is 14.7. The van der Waals surface area contributed by atoms with Crippen LogP contribution in [-0.2, 0) is 28.2 Å². The van der Waals surface area contributed by atoms with Crippen LogP contribution in [0.3, 0.4) is 0 Å². The van der Waals surface area contributed by atoms with E-state index in [2.05, 4.69) is 23.6 Å². The first-order valence-corrected chi connectivity index (χ1v) is 21.7. The minimum Gasteiger partial charge on any atom is -0.462 e. The van der Waals surface area contributed by atoms with Gasteiger partial charge in [0.2, 0.25) is 0 Å². The Morgan fingerprint density at radius 2 is 1.13 bits per heavy atom. The van der Waals surface area contributed by atoms with E-state index in [0.717, 1.165) is 32.1 Å². The summed E-state index contributed by atoms with van der Waals surface area (Å²) in [6.45, 7) is 3.40. The second kappa shape index (κ2) is 37.0. The van der Waals surface area contributed by atoms with Gasteiger partial charge in [-0.05, 0) is 44.9 Å². The summed E-state index contributed by atoms with van der Waals surface area (Å²) in [5.74, 6) is -0.976. The first-order valence-electron chi connectivity index (χ1n) is 20.2. The quantitative estimate of drug-likeness (QED) is 0.0187. The lowest BCUT2D eigenvalue weighted by Crippen LogP contribution is -2.29. The molecule has 0 heterocycles. The van der Waals surface area contributed by atoms with Crippen LogP contribution >= 0.6 is 7.82 Å². The number of hydrogen-bond donors (Lipinski definition) is 3. The van der Waals surface area contributed by atoms with E-state index in [1.165, 1.54) is 83.5 Å². The Balaban J connectivity index is 4.07. The van der Waals surface area contributed by atoms with Gasteiger partial charge in [0.1, 0.15) is 6.61 Å². The number of carbonyl (C=O) groups is 2. The Bertz CT molecular complexity index is 1040. The predicted octanol–water partition coefficient (Wildman–Crippen LogP) is 11.1. The van der Waals surface area contributed by atoms with Crippen LogP contribution in [-0.4, -0.2) is 52.3 Å². The van der Waals surface area contributed by atoms with Crippen LogP contribution in [0.4, 0.5) is 0 Å². The van der Waals surface area contributed by atoms with Crippen molar-refractivity contribution in [2.75, 3.05) is 13.2 Å². The van der Waals surface area contributed by atoms with E-state index in [0.29, 0.717) is 25.7 Å². The highest BCUT2D eigenvalue weighted by Crippen LogP contribution is 2.36. The Morgan fingerprint density at radius 3 is 1.71 bits per heavy atom. The van der Waals surface area contributed by atoms with E-state index in [9.17, 15) is 19.3 Å². The van der Waals surface area contributed by atoms with Crippen molar-refractivity contribution in [1.29, 1.82) is 0 Å². The zero-order valence-corrected chi connectivity index (χ0v) is 33.4. The highest BCUT2D eigenvalue weighted by molar-refractivity contribution is 7.46. The average Bonchev–Trinajstić information content (AvgIpc) is 3.11. The standard InChI is InChI=1S/C42H73O9P/c1-3-5-7-8-9-10-11-12-13-14-15-19-22-25-28-31-35-41(44)49-37-40(38-50-52(46,47)48)51-42(45)36-32-29-26-23-20-17-16-18-21-24-27-30-34-39(43)33-6-4-2/h6,16-17,21,23-24,26-27,30,33,39-40,43H,3-5,7-15,18-20,22,25,28-29,31-32,34-38H2,1-2H3,(H2,46,47,48)/b17-16-,24-21-,26-23-,30-27+,33-6-/t39?,40-/m1/s1. The normalized spacial score (nSPS) is 13.7. The van der Waals surface area contributed by atoms with Gasteiger partial charge in [-0.3, -0.25) is 14.1 Å². The third kappa shape index (κ3) is 38.9. The minimum atomic E-state index is -4.78. The summed E-state index contributed by atoms with van der Waals surface area (Å²) < 4.78 is 26.3. The molecule has 3 N–H and O–H groups in total. The Kier molecular flexibility index (Phi) is 35.4. The molecule has 0 saturated carbocycles. The van der Waals surface area contributed by atoms with Crippen molar-refractivity contribution in [2.24, 2.45) is 0 Å². The van der Waals surface area contributed by atoms with Crippen LogP contribution < -0.4 is 0 Å². The van der Waals surface area contributed by atoms with Crippen molar-refractivity contribution in [2.45, 2.75) is 180 Å². The summed E-state index contributed by atoms with van der Waals surface area (Å²) in [5.41, 5.74) is 0. The zero-order chi connectivity index (χ0) is 38.4. The molecule has 0 saturated heterocycles. The molecule has 52 heavy (non-hydrogen) atoms. The van der Waals surface area contributed by atoms with Crippen LogP contribution in [0.2, 0.25) is 0 Å². The molecule has 0 spiro atoms. The largest absolute Gasteiger partial charge is 0.469 e. The number of aliphatic hydroxyl groups excluding tert-OH is 1. The van der Waals surface area contributed by atoms with Crippen molar-refractivity contribution in [3.8, 4) is 0 Å². The molecule has 300 valence electrons. The lowest BCUT2D eigenvalue weighted by atomic mass is 10.0. The lowest BCUT2D eigenvalue weighted by molar-refractivity contribution is -0.161. The number of rotatable bonds is 36. The maximum Gasteiger partial charge on any atom is 0.469 e. The molecule has 10 heteroatoms. The Labute approximate surface area is 316 Å². The van der Waals surface area contributed by atoms with E-state index >= 15 is 0 Å². The first kappa shape index (κ1) is 49.7. The number of carbonyl (C=O) groups excluding carboxylic acids is 2. The summed E-state index contributed by atoms with van der Waals surface area (Å²) in [4.78, 5) is 42.8. The molecule has 0 amide bonds.